The molecule has 0 aliphatic carbocycles. The van der Waals surface area contributed by atoms with E-state index < -0.39 is 11.0 Å². The van der Waals surface area contributed by atoms with E-state index >= 15 is 0 Å². The lowest BCUT2D eigenvalue weighted by Crippen LogP contribution is -2.42. The maximum absolute atomic E-state index is 10.6. The second-order valence-corrected chi connectivity index (χ2v) is 6.07. The van der Waals surface area contributed by atoms with E-state index in [1.807, 2.05) is 19.2 Å². The molecule has 0 saturated heterocycles. The highest BCUT2D eigenvalue weighted by atomic mass is 32.1. The Morgan fingerprint density at radius 1 is 1.62 bits per heavy atom. The number of aromatic nitrogens is 3. The third kappa shape index (κ3) is 4.06. The Morgan fingerprint density at radius 2 is 2.38 bits per heavy atom. The number of nitrogens with one attached hydrogen (secondary N) is 1. The summed E-state index contributed by atoms with van der Waals surface area (Å²) in [5, 5.41) is 30.5. The van der Waals surface area contributed by atoms with Crippen LogP contribution in [0.1, 0.15) is 18.9 Å². The highest BCUT2D eigenvalue weighted by Gasteiger charge is 2.23. The van der Waals surface area contributed by atoms with Crippen LogP contribution in [0.3, 0.4) is 0 Å². The van der Waals surface area contributed by atoms with Gasteiger partial charge >= 0.3 is 5.69 Å². The molecule has 2 aromatic rings. The van der Waals surface area contributed by atoms with Crippen LogP contribution in [0.2, 0.25) is 0 Å². The SMILES string of the molecule is CC(C)(NCC(O)Cn1cc([N+](=O)[O-])cn1)c1nccs1. The van der Waals surface area contributed by atoms with Gasteiger partial charge in [0, 0.05) is 18.1 Å². The number of hydrogen-bond donors (Lipinski definition) is 2. The highest BCUT2D eigenvalue weighted by Crippen LogP contribution is 2.21. The first-order chi connectivity index (χ1) is 9.88. The van der Waals surface area contributed by atoms with E-state index in [1.54, 1.807) is 17.5 Å². The summed E-state index contributed by atoms with van der Waals surface area (Å²) in [6.07, 6.45) is 3.50. The van der Waals surface area contributed by atoms with Crippen molar-refractivity contribution in [1.82, 2.24) is 20.1 Å². The Kier molecular flexibility index (Phi) is 4.66. The van der Waals surface area contributed by atoms with Crippen molar-refractivity contribution in [2.45, 2.75) is 32.0 Å². The molecule has 0 saturated carbocycles. The van der Waals surface area contributed by atoms with Gasteiger partial charge in [-0.25, -0.2) is 4.98 Å². The van der Waals surface area contributed by atoms with Crippen LogP contribution < -0.4 is 5.32 Å². The molecule has 9 heteroatoms. The normalized spacial score (nSPS) is 13.3. The third-order valence-electron chi connectivity index (χ3n) is 2.97. The molecule has 1 atom stereocenters. The summed E-state index contributed by atoms with van der Waals surface area (Å²) in [4.78, 5) is 14.3. The van der Waals surface area contributed by atoms with Crippen molar-refractivity contribution in [3.63, 3.8) is 0 Å². The zero-order valence-electron chi connectivity index (χ0n) is 11.8. The zero-order chi connectivity index (χ0) is 15.5. The van der Waals surface area contributed by atoms with Crippen molar-refractivity contribution in [2.24, 2.45) is 0 Å². The Labute approximate surface area is 125 Å². The van der Waals surface area contributed by atoms with E-state index in [0.29, 0.717) is 6.54 Å². The van der Waals surface area contributed by atoms with E-state index in [1.165, 1.54) is 17.1 Å². The molecule has 2 rings (SSSR count). The van der Waals surface area contributed by atoms with Crippen LogP contribution >= 0.6 is 11.3 Å². The van der Waals surface area contributed by atoms with Crippen LogP contribution in [0.4, 0.5) is 5.69 Å². The van der Waals surface area contributed by atoms with Crippen molar-refractivity contribution in [1.29, 1.82) is 0 Å². The van der Waals surface area contributed by atoms with E-state index in [9.17, 15) is 15.2 Å². The van der Waals surface area contributed by atoms with Crippen LogP contribution in [0.25, 0.3) is 0 Å². The molecule has 2 aromatic heterocycles. The number of rotatable bonds is 7. The number of nitrogens with zero attached hydrogens (tertiary/aromatic N) is 4. The molecule has 21 heavy (non-hydrogen) atoms. The summed E-state index contributed by atoms with van der Waals surface area (Å²) in [5.74, 6) is 0. The fourth-order valence-electron chi connectivity index (χ4n) is 1.81. The molecule has 0 aromatic carbocycles. The minimum Gasteiger partial charge on any atom is -0.390 e. The van der Waals surface area contributed by atoms with Gasteiger partial charge in [-0.05, 0) is 13.8 Å². The maximum atomic E-state index is 10.6. The Bertz CT molecular complexity index is 596. The Balaban J connectivity index is 1.87. The average molecular weight is 311 g/mol. The largest absolute Gasteiger partial charge is 0.390 e. The van der Waals surface area contributed by atoms with Gasteiger partial charge < -0.3 is 10.4 Å². The average Bonchev–Trinajstić information content (AvgIpc) is 3.07. The molecular weight excluding hydrogens is 294 g/mol. The third-order valence-corrected chi connectivity index (χ3v) is 4.07. The van der Waals surface area contributed by atoms with Crippen molar-refractivity contribution in [3.05, 3.63) is 39.1 Å². The molecule has 8 nitrogen and oxygen atoms in total. The first kappa shape index (κ1) is 15.5. The van der Waals surface area contributed by atoms with Gasteiger partial charge in [0.05, 0.1) is 23.1 Å². The van der Waals surface area contributed by atoms with Crippen LogP contribution in [-0.2, 0) is 12.1 Å². The van der Waals surface area contributed by atoms with Crippen LogP contribution in [0, 0.1) is 10.1 Å². The lowest BCUT2D eigenvalue weighted by molar-refractivity contribution is -0.385. The first-order valence-corrected chi connectivity index (χ1v) is 7.26. The van der Waals surface area contributed by atoms with E-state index in [-0.39, 0.29) is 17.8 Å². The van der Waals surface area contributed by atoms with Gasteiger partial charge in [0.1, 0.15) is 17.4 Å². The van der Waals surface area contributed by atoms with Crippen molar-refractivity contribution >= 4 is 17.0 Å². The van der Waals surface area contributed by atoms with Crippen LogP contribution in [-0.4, -0.2) is 37.4 Å². The summed E-state index contributed by atoms with van der Waals surface area (Å²) < 4.78 is 1.36. The van der Waals surface area contributed by atoms with E-state index in [0.717, 1.165) is 5.01 Å². The molecule has 2 N–H and O–H groups in total. The Hall–Kier alpha value is -1.84. The summed E-state index contributed by atoms with van der Waals surface area (Å²) in [6.45, 7) is 4.49. The molecule has 0 aliphatic rings. The zero-order valence-corrected chi connectivity index (χ0v) is 12.6. The molecule has 114 valence electrons. The van der Waals surface area contributed by atoms with E-state index in [2.05, 4.69) is 15.4 Å². The molecule has 0 spiro atoms. The van der Waals surface area contributed by atoms with Crippen LogP contribution in [0.15, 0.2) is 24.0 Å². The minimum absolute atomic E-state index is 0.0849. The highest BCUT2D eigenvalue weighted by molar-refractivity contribution is 7.09. The predicted octanol–water partition coefficient (Wildman–Crippen LogP) is 1.13. The van der Waals surface area contributed by atoms with Gasteiger partial charge in [-0.2, -0.15) is 5.10 Å². The van der Waals surface area contributed by atoms with Crippen molar-refractivity contribution < 1.29 is 10.0 Å². The fourth-order valence-corrected chi connectivity index (χ4v) is 2.55. The summed E-state index contributed by atoms with van der Waals surface area (Å²) >= 11 is 1.54. The standard InChI is InChI=1S/C12H17N5O3S/c1-12(2,11-13-3-4-21-11)14-6-10(18)8-16-7-9(5-15-16)17(19)20/h3-5,7,10,14,18H,6,8H2,1-2H3. The summed E-state index contributed by atoms with van der Waals surface area (Å²) in [6, 6.07) is 0. The fraction of sp³-hybridized carbons (Fsp3) is 0.500. The van der Waals surface area contributed by atoms with Crippen molar-refractivity contribution in [3.8, 4) is 0 Å². The topological polar surface area (TPSA) is 106 Å². The summed E-state index contributed by atoms with van der Waals surface area (Å²) in [7, 11) is 0. The lowest BCUT2D eigenvalue weighted by Gasteiger charge is -2.25. The van der Waals surface area contributed by atoms with Crippen LogP contribution in [0.5, 0.6) is 0 Å². The second-order valence-electron chi connectivity index (χ2n) is 5.17. The number of aliphatic hydroxyl groups excluding tert-OH is 1. The van der Waals surface area contributed by atoms with Crippen molar-refractivity contribution in [2.75, 3.05) is 6.54 Å². The molecule has 0 fully saturated rings. The molecular formula is C12H17N5O3S. The maximum Gasteiger partial charge on any atom is 0.306 e. The number of hydrogen-bond acceptors (Lipinski definition) is 7. The number of aliphatic hydroxyl groups is 1. The molecule has 1 unspecified atom stereocenters. The molecule has 0 amide bonds. The lowest BCUT2D eigenvalue weighted by atomic mass is 10.1. The first-order valence-electron chi connectivity index (χ1n) is 6.38. The minimum atomic E-state index is -0.705. The monoisotopic (exact) mass is 311 g/mol. The molecule has 2 heterocycles. The molecule has 0 bridgehead atoms. The van der Waals surface area contributed by atoms with Gasteiger partial charge in [0.15, 0.2) is 0 Å². The number of nitro groups is 1. The smallest absolute Gasteiger partial charge is 0.306 e. The quantitative estimate of drug-likeness (QED) is 0.586. The van der Waals surface area contributed by atoms with Gasteiger partial charge in [-0.1, -0.05) is 0 Å². The van der Waals surface area contributed by atoms with Gasteiger partial charge in [0.2, 0.25) is 0 Å². The predicted molar refractivity (Wildman–Crippen MR) is 78.0 cm³/mol. The Morgan fingerprint density at radius 3 is 2.95 bits per heavy atom. The second kappa shape index (κ2) is 6.29. The molecule has 0 aliphatic heterocycles. The molecule has 0 radical (unpaired) electrons. The summed E-state index contributed by atoms with van der Waals surface area (Å²) in [5.41, 5.74) is -0.427. The number of thiazole rings is 1. The van der Waals surface area contributed by atoms with Gasteiger partial charge in [-0.3, -0.25) is 14.8 Å². The van der Waals surface area contributed by atoms with E-state index in [4.69, 9.17) is 0 Å². The van der Waals surface area contributed by atoms with Gasteiger partial charge in [-0.15, -0.1) is 11.3 Å². The van der Waals surface area contributed by atoms with Gasteiger partial charge in [0.25, 0.3) is 0 Å².